The number of morpholine rings is 1. The number of nitriles is 1. The van der Waals surface area contributed by atoms with Crippen molar-refractivity contribution >= 4 is 22.3 Å². The summed E-state index contributed by atoms with van der Waals surface area (Å²) in [5.74, 6) is 0.952. The van der Waals surface area contributed by atoms with Crippen LogP contribution < -0.4 is 19.9 Å². The monoisotopic (exact) mass is 513 g/mol. The molecule has 9 nitrogen and oxygen atoms in total. The van der Waals surface area contributed by atoms with Crippen LogP contribution in [0.2, 0.25) is 0 Å². The number of fused-ring (bicyclic) bond motifs is 2. The Hall–Kier alpha value is -3.45. The zero-order valence-corrected chi connectivity index (χ0v) is 22.0. The van der Waals surface area contributed by atoms with E-state index < -0.39 is 0 Å². The Bertz CT molecular complexity index is 1320. The van der Waals surface area contributed by atoms with Gasteiger partial charge in [0.1, 0.15) is 18.5 Å². The molecule has 2 fully saturated rings. The van der Waals surface area contributed by atoms with Gasteiger partial charge >= 0.3 is 6.01 Å². The van der Waals surface area contributed by atoms with Gasteiger partial charge in [0.15, 0.2) is 0 Å². The average molecular weight is 514 g/mol. The van der Waals surface area contributed by atoms with Gasteiger partial charge in [-0.25, -0.2) is 0 Å². The average Bonchev–Trinajstić information content (AvgIpc) is 2.95. The Kier molecular flexibility index (Phi) is 7.27. The smallest absolute Gasteiger partial charge is 0.318 e. The molecular weight excluding hydrogens is 478 g/mol. The lowest BCUT2D eigenvalue weighted by atomic mass is 10.0. The van der Waals surface area contributed by atoms with Gasteiger partial charge in [-0.15, -0.1) is 0 Å². The molecule has 2 saturated heterocycles. The molecule has 9 heteroatoms. The van der Waals surface area contributed by atoms with Crippen LogP contribution in [0.25, 0.3) is 10.8 Å². The molecule has 2 aromatic carbocycles. The molecule has 3 aliphatic heterocycles. The molecule has 1 N–H and O–H groups in total. The van der Waals surface area contributed by atoms with Crippen LogP contribution in [0.15, 0.2) is 42.5 Å². The lowest BCUT2D eigenvalue weighted by Crippen LogP contribution is -2.51. The molecule has 6 rings (SSSR count). The van der Waals surface area contributed by atoms with Crippen molar-refractivity contribution in [2.24, 2.45) is 0 Å². The third-order valence-corrected chi connectivity index (χ3v) is 7.76. The van der Waals surface area contributed by atoms with E-state index in [1.165, 1.54) is 22.0 Å². The van der Waals surface area contributed by atoms with Crippen LogP contribution in [0.1, 0.15) is 17.7 Å². The van der Waals surface area contributed by atoms with Crippen LogP contribution in [-0.4, -0.2) is 86.5 Å². The van der Waals surface area contributed by atoms with Crippen LogP contribution in [0.5, 0.6) is 6.01 Å². The van der Waals surface area contributed by atoms with Crippen molar-refractivity contribution in [1.82, 2.24) is 20.2 Å². The Labute approximate surface area is 224 Å². The number of nitrogens with zero attached hydrogens (tertiary/aromatic N) is 6. The molecule has 1 unspecified atom stereocenters. The first-order valence-electron chi connectivity index (χ1n) is 13.6. The highest BCUT2D eigenvalue weighted by atomic mass is 16.5. The summed E-state index contributed by atoms with van der Waals surface area (Å²) in [6.45, 7) is 6.92. The highest BCUT2D eigenvalue weighted by Gasteiger charge is 2.29. The second-order valence-electron chi connectivity index (χ2n) is 10.5. The maximum Gasteiger partial charge on any atom is 0.318 e. The minimum absolute atomic E-state index is 0.00297. The van der Waals surface area contributed by atoms with Gasteiger partial charge in [0.05, 0.1) is 31.3 Å². The molecule has 38 heavy (non-hydrogen) atoms. The van der Waals surface area contributed by atoms with E-state index in [1.54, 1.807) is 0 Å². The first-order chi connectivity index (χ1) is 18.7. The van der Waals surface area contributed by atoms with Crippen molar-refractivity contribution in [1.29, 1.82) is 5.26 Å². The second-order valence-corrected chi connectivity index (χ2v) is 10.5. The summed E-state index contributed by atoms with van der Waals surface area (Å²) in [5.41, 5.74) is 3.44. The van der Waals surface area contributed by atoms with Crippen LogP contribution in [0, 0.1) is 11.3 Å². The first kappa shape index (κ1) is 24.9. The van der Waals surface area contributed by atoms with Gasteiger partial charge in [0.2, 0.25) is 0 Å². The van der Waals surface area contributed by atoms with E-state index in [0.29, 0.717) is 32.2 Å². The van der Waals surface area contributed by atoms with Crippen LogP contribution in [0.4, 0.5) is 11.5 Å². The summed E-state index contributed by atoms with van der Waals surface area (Å²) in [6, 6.07) is 17.9. The highest BCUT2D eigenvalue weighted by Crippen LogP contribution is 2.34. The molecule has 1 aromatic heterocycles. The zero-order valence-electron chi connectivity index (χ0n) is 22.0. The Morgan fingerprint density at radius 3 is 2.87 bits per heavy atom. The summed E-state index contributed by atoms with van der Waals surface area (Å²) in [4.78, 5) is 16.9. The number of aromatic nitrogens is 2. The van der Waals surface area contributed by atoms with Crippen LogP contribution in [0.3, 0.4) is 0 Å². The molecule has 0 saturated carbocycles. The largest absolute Gasteiger partial charge is 0.461 e. The van der Waals surface area contributed by atoms with Crippen LogP contribution >= 0.6 is 0 Å². The van der Waals surface area contributed by atoms with E-state index in [4.69, 9.17) is 19.4 Å². The summed E-state index contributed by atoms with van der Waals surface area (Å²) in [7, 11) is 2.10. The number of hydrogen-bond acceptors (Lipinski definition) is 9. The minimum Gasteiger partial charge on any atom is -0.461 e. The standard InChI is InChI=1S/C29H35N7O2/c1-34-15-16-37-23(18-34)20-38-29-32-26-19-35(27-8-4-6-21-5-2-3-7-24(21)27)13-10-25(26)28(33-29)36-14-12-31-22(17-36)9-11-30/h2-8,22-23,31H,9-10,12-20H2,1H3/t22?,23-/m0/s1. The molecular formula is C29H35N7O2. The lowest BCUT2D eigenvalue weighted by molar-refractivity contribution is -0.0417. The Morgan fingerprint density at radius 1 is 1.08 bits per heavy atom. The molecule has 0 amide bonds. The topological polar surface area (TPSA) is 89.8 Å². The van der Waals surface area contributed by atoms with E-state index in [-0.39, 0.29) is 12.1 Å². The molecule has 3 aliphatic rings. The minimum atomic E-state index is 0.00297. The summed E-state index contributed by atoms with van der Waals surface area (Å²) < 4.78 is 12.1. The van der Waals surface area contributed by atoms with Gasteiger partial charge in [-0.1, -0.05) is 36.4 Å². The summed E-state index contributed by atoms with van der Waals surface area (Å²) >= 11 is 0. The van der Waals surface area contributed by atoms with Gasteiger partial charge in [0, 0.05) is 61.9 Å². The number of rotatable bonds is 6. The van der Waals surface area contributed by atoms with Crippen molar-refractivity contribution in [2.45, 2.75) is 31.5 Å². The number of likely N-dealkylation sites (N-methyl/N-ethyl adjacent to an activating group) is 1. The lowest BCUT2D eigenvalue weighted by Gasteiger charge is -2.37. The van der Waals surface area contributed by atoms with Crippen molar-refractivity contribution in [3.8, 4) is 12.1 Å². The molecule has 3 aromatic rings. The first-order valence-corrected chi connectivity index (χ1v) is 13.6. The van der Waals surface area contributed by atoms with E-state index in [9.17, 15) is 5.26 Å². The van der Waals surface area contributed by atoms with E-state index in [1.807, 2.05) is 0 Å². The molecule has 2 atom stereocenters. The molecule has 0 bridgehead atoms. The number of ether oxygens (including phenoxy) is 2. The number of hydrogen-bond donors (Lipinski definition) is 1. The third kappa shape index (κ3) is 5.25. The second kappa shape index (κ2) is 11.1. The van der Waals surface area contributed by atoms with Gasteiger partial charge < -0.3 is 29.5 Å². The van der Waals surface area contributed by atoms with Gasteiger partial charge in [-0.3, -0.25) is 0 Å². The number of nitrogens with one attached hydrogen (secondary N) is 1. The summed E-state index contributed by atoms with van der Waals surface area (Å²) in [6.07, 6.45) is 1.34. The van der Waals surface area contributed by atoms with Crippen molar-refractivity contribution < 1.29 is 9.47 Å². The molecule has 0 spiro atoms. The maximum atomic E-state index is 9.26. The van der Waals surface area contributed by atoms with Crippen molar-refractivity contribution in [3.63, 3.8) is 0 Å². The van der Waals surface area contributed by atoms with E-state index in [2.05, 4.69) is 75.6 Å². The van der Waals surface area contributed by atoms with E-state index >= 15 is 0 Å². The Morgan fingerprint density at radius 2 is 1.97 bits per heavy atom. The fourth-order valence-electron chi connectivity index (χ4n) is 5.80. The zero-order chi connectivity index (χ0) is 25.9. The van der Waals surface area contributed by atoms with Crippen LogP contribution in [-0.2, 0) is 17.7 Å². The highest BCUT2D eigenvalue weighted by molar-refractivity contribution is 5.94. The molecule has 4 heterocycles. The molecule has 0 aliphatic carbocycles. The normalized spacial score (nSPS) is 22.2. The van der Waals surface area contributed by atoms with Crippen molar-refractivity contribution in [2.75, 3.05) is 69.3 Å². The molecule has 0 radical (unpaired) electrons. The quantitative estimate of drug-likeness (QED) is 0.534. The fraction of sp³-hybridized carbons (Fsp3) is 0.483. The third-order valence-electron chi connectivity index (χ3n) is 7.76. The van der Waals surface area contributed by atoms with Crippen molar-refractivity contribution in [3.05, 3.63) is 53.7 Å². The predicted octanol–water partition coefficient (Wildman–Crippen LogP) is 2.59. The van der Waals surface area contributed by atoms with Gasteiger partial charge in [0.25, 0.3) is 0 Å². The maximum absolute atomic E-state index is 9.26. The Balaban J connectivity index is 1.30. The molecule has 198 valence electrons. The predicted molar refractivity (Wildman–Crippen MR) is 148 cm³/mol. The van der Waals surface area contributed by atoms with Gasteiger partial charge in [-0.2, -0.15) is 15.2 Å². The number of anilines is 2. The fourth-order valence-corrected chi connectivity index (χ4v) is 5.80. The summed E-state index contributed by atoms with van der Waals surface area (Å²) in [5, 5.41) is 15.2. The van der Waals surface area contributed by atoms with Gasteiger partial charge in [-0.05, 0) is 24.9 Å². The number of piperazine rings is 1. The number of benzene rings is 2. The SMILES string of the molecule is CN1CCO[C@H](COc2nc3c(c(N4CCNC(CC#N)C4)n2)CCN(c2cccc4ccccc24)C3)C1. The van der Waals surface area contributed by atoms with E-state index in [0.717, 1.165) is 57.2 Å².